The van der Waals surface area contributed by atoms with Crippen LogP contribution < -0.4 is 0 Å². The third kappa shape index (κ3) is 4.53. The van der Waals surface area contributed by atoms with Gasteiger partial charge in [0.1, 0.15) is 0 Å². The number of thioether (sulfide) groups is 1. The van der Waals surface area contributed by atoms with Gasteiger partial charge in [0.25, 0.3) is 0 Å². The minimum Gasteiger partial charge on any atom is -0.297 e. The number of hydrogen-bond acceptors (Lipinski definition) is 3. The predicted octanol–water partition coefficient (Wildman–Crippen LogP) is 1.40. The number of thiol groups is 1. The van der Waals surface area contributed by atoms with Gasteiger partial charge in [-0.05, 0) is 5.75 Å². The second-order valence-electron chi connectivity index (χ2n) is 1.23. The van der Waals surface area contributed by atoms with Crippen molar-refractivity contribution in [2.75, 3.05) is 11.5 Å². The van der Waals surface area contributed by atoms with Crippen molar-refractivity contribution in [3.8, 4) is 0 Å². The minimum absolute atomic E-state index is 0.0974. The monoisotopic (exact) mass is 149 g/mol. The molecule has 0 bridgehead atoms. The first-order valence-corrected chi connectivity index (χ1v) is 4.06. The van der Waals surface area contributed by atoms with E-state index in [2.05, 4.69) is 12.6 Å². The molecule has 0 heterocycles. The maximum Gasteiger partial charge on any atom is 0.156 e. The van der Waals surface area contributed by atoms with Gasteiger partial charge in [-0.25, -0.2) is 0 Å². The van der Waals surface area contributed by atoms with Crippen LogP contribution in [0.25, 0.3) is 0 Å². The fourth-order valence-corrected chi connectivity index (χ4v) is 0.943. The Balaban J connectivity index is 2.99. The highest BCUT2D eigenvalue weighted by Gasteiger charge is 1.95. The Morgan fingerprint density at radius 3 is 2.88 bits per heavy atom. The number of Topliss-reactive ketones (excluding diaryl/α,β-unsaturated/α-hetero) is 1. The first kappa shape index (κ1) is 8.37. The molecule has 47 valence electrons. The van der Waals surface area contributed by atoms with E-state index < -0.39 is 0 Å². The normalized spacial score (nSPS) is 9.25. The van der Waals surface area contributed by atoms with Crippen LogP contribution in [0.15, 0.2) is 0 Å². The molecule has 0 saturated heterocycles. The highest BCUT2D eigenvalue weighted by molar-refractivity contribution is 8.00. The van der Waals surface area contributed by atoms with E-state index in [1.54, 1.807) is 11.8 Å². The standard InChI is InChI=1S/C5H9OS2/c1-2-8-4-5(6)3-7/h3,7H,2,4H2,1H3. The van der Waals surface area contributed by atoms with Crippen molar-refractivity contribution in [2.24, 2.45) is 0 Å². The summed E-state index contributed by atoms with van der Waals surface area (Å²) in [5, 5.41) is 0. The summed E-state index contributed by atoms with van der Waals surface area (Å²) in [4.78, 5) is 10.4. The Labute approximate surface area is 59.6 Å². The average molecular weight is 149 g/mol. The summed E-state index contributed by atoms with van der Waals surface area (Å²) in [6.45, 7) is 2.02. The summed E-state index contributed by atoms with van der Waals surface area (Å²) < 4.78 is 0. The lowest BCUT2D eigenvalue weighted by molar-refractivity contribution is -0.112. The molecule has 0 fully saturated rings. The predicted molar refractivity (Wildman–Crippen MR) is 41.3 cm³/mol. The van der Waals surface area contributed by atoms with Crippen LogP contribution in [0.2, 0.25) is 0 Å². The molecule has 1 nitrogen and oxygen atoms in total. The number of ketones is 1. The summed E-state index contributed by atoms with van der Waals surface area (Å²) in [6, 6.07) is 0. The van der Waals surface area contributed by atoms with E-state index in [1.165, 1.54) is 5.75 Å². The molecule has 0 atom stereocenters. The van der Waals surface area contributed by atoms with Gasteiger partial charge in [0, 0.05) is 0 Å². The van der Waals surface area contributed by atoms with E-state index in [0.29, 0.717) is 5.75 Å². The van der Waals surface area contributed by atoms with Crippen molar-refractivity contribution in [1.82, 2.24) is 0 Å². The molecule has 1 radical (unpaired) electrons. The number of rotatable bonds is 4. The topological polar surface area (TPSA) is 17.1 Å². The Morgan fingerprint density at radius 1 is 1.88 bits per heavy atom. The molecule has 0 aliphatic heterocycles. The van der Waals surface area contributed by atoms with Gasteiger partial charge >= 0.3 is 0 Å². The van der Waals surface area contributed by atoms with Gasteiger partial charge in [0.15, 0.2) is 5.78 Å². The summed E-state index contributed by atoms with van der Waals surface area (Å²) in [5.41, 5.74) is 0. The molecule has 0 spiro atoms. The maximum absolute atomic E-state index is 10.4. The quantitative estimate of drug-likeness (QED) is 0.609. The summed E-state index contributed by atoms with van der Waals surface area (Å²) in [7, 11) is 0. The van der Waals surface area contributed by atoms with E-state index in [4.69, 9.17) is 0 Å². The Hall–Kier alpha value is 0.370. The van der Waals surface area contributed by atoms with Crippen LogP contribution in [0.4, 0.5) is 0 Å². The van der Waals surface area contributed by atoms with Crippen molar-refractivity contribution in [3.05, 3.63) is 5.75 Å². The van der Waals surface area contributed by atoms with Crippen molar-refractivity contribution >= 4 is 30.2 Å². The SMILES string of the molecule is CCSCC(=O)[CH]S. The van der Waals surface area contributed by atoms with Gasteiger partial charge in [-0.3, -0.25) is 4.79 Å². The van der Waals surface area contributed by atoms with Crippen molar-refractivity contribution in [2.45, 2.75) is 6.92 Å². The fraction of sp³-hybridized carbons (Fsp3) is 0.600. The van der Waals surface area contributed by atoms with Gasteiger partial charge in [-0.1, -0.05) is 6.92 Å². The molecule has 0 N–H and O–H groups in total. The van der Waals surface area contributed by atoms with Crippen LogP contribution in [0.5, 0.6) is 0 Å². The van der Waals surface area contributed by atoms with Crippen molar-refractivity contribution < 1.29 is 4.79 Å². The molecule has 0 aliphatic carbocycles. The summed E-state index contributed by atoms with van der Waals surface area (Å²) in [5.74, 6) is 2.97. The lowest BCUT2D eigenvalue weighted by atomic mass is 10.5. The molecule has 0 saturated carbocycles. The van der Waals surface area contributed by atoms with Gasteiger partial charge in [-0.2, -0.15) is 24.4 Å². The summed E-state index contributed by atoms with van der Waals surface area (Å²) in [6.07, 6.45) is 0. The van der Waals surface area contributed by atoms with Crippen LogP contribution in [-0.4, -0.2) is 17.3 Å². The second-order valence-corrected chi connectivity index (χ2v) is 2.77. The molecule has 8 heavy (non-hydrogen) atoms. The van der Waals surface area contributed by atoms with Gasteiger partial charge < -0.3 is 0 Å². The van der Waals surface area contributed by atoms with E-state index in [0.717, 1.165) is 5.75 Å². The highest BCUT2D eigenvalue weighted by atomic mass is 32.2. The highest BCUT2D eigenvalue weighted by Crippen LogP contribution is 2.00. The lowest BCUT2D eigenvalue weighted by Gasteiger charge is -1.90. The molecule has 0 rings (SSSR count). The zero-order valence-corrected chi connectivity index (χ0v) is 6.47. The lowest BCUT2D eigenvalue weighted by Crippen LogP contribution is -1.97. The molecular formula is C5H9OS2. The molecule has 0 unspecified atom stereocenters. The zero-order valence-electron chi connectivity index (χ0n) is 4.76. The number of carbonyl (C=O) groups is 1. The van der Waals surface area contributed by atoms with E-state index >= 15 is 0 Å². The second kappa shape index (κ2) is 5.51. The van der Waals surface area contributed by atoms with Crippen LogP contribution in [-0.2, 0) is 4.79 Å². The Kier molecular flexibility index (Phi) is 5.76. The molecule has 0 aromatic heterocycles. The third-order valence-electron chi connectivity index (χ3n) is 0.592. The van der Waals surface area contributed by atoms with E-state index in [-0.39, 0.29) is 5.78 Å². The zero-order chi connectivity index (χ0) is 6.41. The smallest absolute Gasteiger partial charge is 0.156 e. The van der Waals surface area contributed by atoms with Crippen LogP contribution >= 0.6 is 24.4 Å². The maximum atomic E-state index is 10.4. The van der Waals surface area contributed by atoms with Crippen LogP contribution in [0.1, 0.15) is 6.92 Å². The van der Waals surface area contributed by atoms with Crippen molar-refractivity contribution in [3.63, 3.8) is 0 Å². The van der Waals surface area contributed by atoms with E-state index in [1.807, 2.05) is 6.92 Å². The van der Waals surface area contributed by atoms with E-state index in [9.17, 15) is 4.79 Å². The molecule has 0 aliphatic rings. The molecule has 0 aromatic carbocycles. The first-order chi connectivity index (χ1) is 3.81. The van der Waals surface area contributed by atoms with Gasteiger partial charge in [0.05, 0.1) is 11.5 Å². The largest absolute Gasteiger partial charge is 0.297 e. The Morgan fingerprint density at radius 2 is 2.50 bits per heavy atom. The molecular weight excluding hydrogens is 140 g/mol. The average Bonchev–Trinajstić information content (AvgIpc) is 1.83. The number of carbonyl (C=O) groups excluding carboxylic acids is 1. The van der Waals surface area contributed by atoms with Crippen molar-refractivity contribution in [1.29, 1.82) is 0 Å². The van der Waals surface area contributed by atoms with Gasteiger partial charge in [-0.15, -0.1) is 0 Å². The molecule has 0 aromatic rings. The molecule has 0 amide bonds. The van der Waals surface area contributed by atoms with Crippen LogP contribution in [0.3, 0.4) is 0 Å². The Bertz CT molecular complexity index is 72.8. The van der Waals surface area contributed by atoms with Crippen LogP contribution in [0, 0.1) is 5.75 Å². The molecule has 3 heteroatoms. The summed E-state index contributed by atoms with van der Waals surface area (Å²) >= 11 is 5.31. The number of hydrogen-bond donors (Lipinski definition) is 1. The third-order valence-corrected chi connectivity index (χ3v) is 1.78. The minimum atomic E-state index is 0.0974. The van der Waals surface area contributed by atoms with Gasteiger partial charge in [0.2, 0.25) is 0 Å². The first-order valence-electron chi connectivity index (χ1n) is 2.39. The fourth-order valence-electron chi connectivity index (χ4n) is 0.240.